The molecule has 0 spiro atoms. The number of rotatable bonds is 8. The molecule has 2 aromatic carbocycles. The Morgan fingerprint density at radius 1 is 1.09 bits per heavy atom. The van der Waals surface area contributed by atoms with Crippen LogP contribution in [-0.2, 0) is 27.7 Å². The molecule has 3 aromatic rings. The fourth-order valence-electron chi connectivity index (χ4n) is 4.12. The smallest absolute Gasteiger partial charge is 0.262 e. The lowest BCUT2D eigenvalue weighted by molar-refractivity contribution is -0.118. The Morgan fingerprint density at radius 2 is 1.88 bits per heavy atom. The predicted molar refractivity (Wildman–Crippen MR) is 124 cm³/mol. The summed E-state index contributed by atoms with van der Waals surface area (Å²) in [4.78, 5) is 12.6. The van der Waals surface area contributed by atoms with Crippen molar-refractivity contribution < 1.29 is 22.4 Å². The van der Waals surface area contributed by atoms with Gasteiger partial charge in [-0.15, -0.1) is 0 Å². The number of carbonyl (C=O) groups is 1. The number of nitrogens with zero attached hydrogens (tertiary/aromatic N) is 1. The second kappa shape index (κ2) is 9.34. The number of anilines is 1. The van der Waals surface area contributed by atoms with E-state index in [-0.39, 0.29) is 17.4 Å². The molecular formula is C24H28N2O5S. The third-order valence-corrected chi connectivity index (χ3v) is 7.80. The van der Waals surface area contributed by atoms with Gasteiger partial charge in [-0.05, 0) is 55.7 Å². The average molecular weight is 457 g/mol. The minimum Gasteiger partial charge on any atom is -0.484 e. The summed E-state index contributed by atoms with van der Waals surface area (Å²) in [6, 6.07) is 11.9. The first-order valence-electron chi connectivity index (χ1n) is 11.0. The van der Waals surface area contributed by atoms with Crippen LogP contribution in [0.25, 0.3) is 11.0 Å². The van der Waals surface area contributed by atoms with Crippen molar-refractivity contribution in [2.45, 2.75) is 44.4 Å². The van der Waals surface area contributed by atoms with Gasteiger partial charge in [-0.3, -0.25) is 4.79 Å². The normalized spacial score (nSPS) is 13.8. The molecule has 170 valence electrons. The number of amides is 1. The third-order valence-electron chi connectivity index (χ3n) is 5.76. The van der Waals surface area contributed by atoms with Crippen molar-refractivity contribution in [2.24, 2.45) is 0 Å². The van der Waals surface area contributed by atoms with Crippen LogP contribution in [0.5, 0.6) is 5.75 Å². The molecule has 1 heterocycles. The minimum absolute atomic E-state index is 0.148. The highest BCUT2D eigenvalue weighted by atomic mass is 32.2. The van der Waals surface area contributed by atoms with E-state index in [1.165, 1.54) is 22.0 Å². The highest BCUT2D eigenvalue weighted by Crippen LogP contribution is 2.34. The van der Waals surface area contributed by atoms with Gasteiger partial charge < -0.3 is 14.5 Å². The second-order valence-electron chi connectivity index (χ2n) is 7.82. The van der Waals surface area contributed by atoms with Gasteiger partial charge in [0, 0.05) is 36.1 Å². The van der Waals surface area contributed by atoms with Crippen molar-refractivity contribution in [2.75, 3.05) is 25.0 Å². The number of benzene rings is 2. The number of hydrogen-bond acceptors (Lipinski definition) is 5. The van der Waals surface area contributed by atoms with Gasteiger partial charge in [-0.25, -0.2) is 8.42 Å². The quantitative estimate of drug-likeness (QED) is 0.544. The molecule has 0 atom stereocenters. The number of nitrogens with one attached hydrogen (secondary N) is 1. The van der Waals surface area contributed by atoms with Gasteiger partial charge in [0.15, 0.2) is 6.61 Å². The van der Waals surface area contributed by atoms with Gasteiger partial charge in [0.1, 0.15) is 17.1 Å². The number of aryl methyl sites for hydroxylation is 2. The average Bonchev–Trinajstić information content (AvgIpc) is 3.16. The van der Waals surface area contributed by atoms with Crippen molar-refractivity contribution in [1.29, 1.82) is 0 Å². The summed E-state index contributed by atoms with van der Waals surface area (Å²) >= 11 is 0. The summed E-state index contributed by atoms with van der Waals surface area (Å²) in [5, 5.41) is 3.76. The number of fused-ring (bicyclic) bond motifs is 3. The molecule has 4 rings (SSSR count). The van der Waals surface area contributed by atoms with E-state index in [9.17, 15) is 13.2 Å². The summed E-state index contributed by atoms with van der Waals surface area (Å²) in [6.07, 6.45) is 4.26. The zero-order valence-electron chi connectivity index (χ0n) is 18.4. The van der Waals surface area contributed by atoms with Crippen LogP contribution in [0.2, 0.25) is 0 Å². The largest absolute Gasteiger partial charge is 0.484 e. The Kier molecular flexibility index (Phi) is 6.53. The first-order chi connectivity index (χ1) is 15.4. The number of sulfonamides is 1. The molecule has 1 aromatic heterocycles. The summed E-state index contributed by atoms with van der Waals surface area (Å²) in [5.74, 6) is 1.29. The van der Waals surface area contributed by atoms with E-state index in [2.05, 4.69) is 5.32 Å². The predicted octanol–water partition coefficient (Wildman–Crippen LogP) is 4.36. The molecule has 0 radical (unpaired) electrons. The van der Waals surface area contributed by atoms with E-state index in [0.717, 1.165) is 42.4 Å². The van der Waals surface area contributed by atoms with Gasteiger partial charge >= 0.3 is 0 Å². The molecule has 0 bridgehead atoms. The van der Waals surface area contributed by atoms with Crippen LogP contribution >= 0.6 is 0 Å². The zero-order chi connectivity index (χ0) is 22.7. The highest BCUT2D eigenvalue weighted by Gasteiger charge is 2.22. The van der Waals surface area contributed by atoms with E-state index >= 15 is 0 Å². The maximum atomic E-state index is 12.7. The molecule has 8 heteroatoms. The lowest BCUT2D eigenvalue weighted by Gasteiger charge is -2.18. The fraction of sp³-hybridized carbons (Fsp3) is 0.375. The van der Waals surface area contributed by atoms with E-state index < -0.39 is 10.0 Å². The summed E-state index contributed by atoms with van der Waals surface area (Å²) < 4.78 is 38.4. The molecule has 0 saturated carbocycles. The van der Waals surface area contributed by atoms with Crippen molar-refractivity contribution in [3.63, 3.8) is 0 Å². The molecule has 1 aliphatic rings. The van der Waals surface area contributed by atoms with Crippen LogP contribution in [0.4, 0.5) is 5.69 Å². The molecule has 0 aliphatic heterocycles. The molecule has 0 fully saturated rings. The molecular weight excluding hydrogens is 428 g/mol. The number of carbonyl (C=O) groups excluding carboxylic acids is 1. The maximum Gasteiger partial charge on any atom is 0.262 e. The van der Waals surface area contributed by atoms with Crippen LogP contribution in [0.15, 0.2) is 51.8 Å². The van der Waals surface area contributed by atoms with Gasteiger partial charge in [-0.2, -0.15) is 4.31 Å². The number of ether oxygens (including phenoxy) is 1. The Morgan fingerprint density at radius 3 is 2.66 bits per heavy atom. The monoisotopic (exact) mass is 456 g/mol. The van der Waals surface area contributed by atoms with Gasteiger partial charge in [0.05, 0.1) is 4.90 Å². The van der Waals surface area contributed by atoms with Crippen molar-refractivity contribution in [1.82, 2.24) is 4.31 Å². The summed E-state index contributed by atoms with van der Waals surface area (Å²) in [5.41, 5.74) is 2.50. The van der Waals surface area contributed by atoms with Gasteiger partial charge in [-0.1, -0.05) is 19.9 Å². The number of furan rings is 1. The van der Waals surface area contributed by atoms with Crippen molar-refractivity contribution in [3.05, 3.63) is 53.8 Å². The second-order valence-corrected chi connectivity index (χ2v) is 9.76. The van der Waals surface area contributed by atoms with Gasteiger partial charge in [0.2, 0.25) is 10.0 Å². The van der Waals surface area contributed by atoms with Crippen LogP contribution < -0.4 is 10.1 Å². The van der Waals surface area contributed by atoms with E-state index in [4.69, 9.17) is 9.15 Å². The standard InChI is InChI=1S/C24H28N2O5S/c1-3-26(4-2)32(28,29)19-9-7-8-17(14-19)25-24(27)16-30-18-12-13-23-21(15-18)20-10-5-6-11-22(20)31-23/h7-9,12-15H,3-6,10-11,16H2,1-2H3,(H,25,27). The molecule has 1 amide bonds. The topological polar surface area (TPSA) is 88.9 Å². The summed E-state index contributed by atoms with van der Waals surface area (Å²) in [6.45, 7) is 4.17. The molecule has 7 nitrogen and oxygen atoms in total. The lowest BCUT2D eigenvalue weighted by Crippen LogP contribution is -2.30. The maximum absolute atomic E-state index is 12.7. The molecule has 32 heavy (non-hydrogen) atoms. The minimum atomic E-state index is -3.60. The molecule has 1 aliphatic carbocycles. The fourth-order valence-corrected chi connectivity index (χ4v) is 5.63. The number of hydrogen-bond donors (Lipinski definition) is 1. The van der Waals surface area contributed by atoms with E-state index in [1.54, 1.807) is 32.0 Å². The Balaban J connectivity index is 1.42. The van der Waals surface area contributed by atoms with Crippen molar-refractivity contribution in [3.8, 4) is 5.75 Å². The Hall–Kier alpha value is -2.84. The summed E-state index contributed by atoms with van der Waals surface area (Å²) in [7, 11) is -3.60. The molecule has 0 unspecified atom stereocenters. The van der Waals surface area contributed by atoms with Crippen LogP contribution in [0.3, 0.4) is 0 Å². The SMILES string of the molecule is CCN(CC)S(=O)(=O)c1cccc(NC(=O)COc2ccc3oc4c(c3c2)CCCC4)c1. The van der Waals surface area contributed by atoms with E-state index in [1.807, 2.05) is 12.1 Å². The first kappa shape index (κ1) is 22.4. The van der Waals surface area contributed by atoms with Crippen LogP contribution in [-0.4, -0.2) is 38.3 Å². The zero-order valence-corrected chi connectivity index (χ0v) is 19.2. The van der Waals surface area contributed by atoms with Gasteiger partial charge in [0.25, 0.3) is 5.91 Å². The highest BCUT2D eigenvalue weighted by molar-refractivity contribution is 7.89. The molecule has 1 N–H and O–H groups in total. The third kappa shape index (κ3) is 4.52. The van der Waals surface area contributed by atoms with Crippen LogP contribution in [0.1, 0.15) is 38.0 Å². The van der Waals surface area contributed by atoms with Crippen LogP contribution in [0, 0.1) is 0 Å². The van der Waals surface area contributed by atoms with Crippen molar-refractivity contribution >= 4 is 32.6 Å². The first-order valence-corrected chi connectivity index (χ1v) is 12.4. The van der Waals surface area contributed by atoms with E-state index in [0.29, 0.717) is 24.5 Å². The Labute approximate surface area is 188 Å². The molecule has 0 saturated heterocycles. The Bertz CT molecular complexity index is 1230. The lowest BCUT2D eigenvalue weighted by atomic mass is 9.96.